The van der Waals surface area contributed by atoms with Crippen molar-refractivity contribution in [3.8, 4) is 5.75 Å². The van der Waals surface area contributed by atoms with Gasteiger partial charge in [-0.15, -0.1) is 0 Å². The molecule has 1 atom stereocenters. The van der Waals surface area contributed by atoms with Crippen LogP contribution in [0.4, 0.5) is 0 Å². The van der Waals surface area contributed by atoms with Gasteiger partial charge in [0, 0.05) is 17.5 Å². The van der Waals surface area contributed by atoms with Gasteiger partial charge in [0.1, 0.15) is 12.4 Å². The second-order valence-corrected chi connectivity index (χ2v) is 6.76. The van der Waals surface area contributed by atoms with Crippen LogP contribution in [0.25, 0.3) is 0 Å². The molecule has 0 aliphatic rings. The monoisotopic (exact) mass is 359 g/mol. The first-order valence-corrected chi connectivity index (χ1v) is 9.20. The molecular weight excluding hydrogens is 334 g/mol. The molecule has 2 aromatic rings. The van der Waals surface area contributed by atoms with Gasteiger partial charge in [-0.05, 0) is 35.7 Å². The summed E-state index contributed by atoms with van der Waals surface area (Å²) in [7, 11) is 0. The molecular formula is C21H26ClNO2. The van der Waals surface area contributed by atoms with E-state index in [1.807, 2.05) is 49.4 Å². The topological polar surface area (TPSA) is 38.3 Å². The standard InChI is InChI=1S/C21H26ClNO2/c1-3-4-6-16(2)21(24)23-14-17-9-11-18(12-10-17)15-25-20-8-5-7-19(22)13-20/h5,7-13,16H,3-4,6,14-15H2,1-2H3,(H,23,24). The van der Waals surface area contributed by atoms with E-state index in [9.17, 15) is 4.79 Å². The molecule has 0 saturated carbocycles. The van der Waals surface area contributed by atoms with E-state index in [0.29, 0.717) is 18.2 Å². The summed E-state index contributed by atoms with van der Waals surface area (Å²) < 4.78 is 5.73. The zero-order chi connectivity index (χ0) is 18.1. The van der Waals surface area contributed by atoms with Crippen molar-refractivity contribution >= 4 is 17.5 Å². The van der Waals surface area contributed by atoms with E-state index in [0.717, 1.165) is 36.1 Å². The largest absolute Gasteiger partial charge is 0.489 e. The Kier molecular flexibility index (Phi) is 7.80. The minimum Gasteiger partial charge on any atom is -0.489 e. The van der Waals surface area contributed by atoms with Crippen LogP contribution in [-0.4, -0.2) is 5.91 Å². The quantitative estimate of drug-likeness (QED) is 0.654. The van der Waals surface area contributed by atoms with E-state index in [-0.39, 0.29) is 11.8 Å². The molecule has 0 radical (unpaired) electrons. The Morgan fingerprint density at radius 1 is 1.16 bits per heavy atom. The fraction of sp³-hybridized carbons (Fsp3) is 0.381. The lowest BCUT2D eigenvalue weighted by Gasteiger charge is -2.12. The molecule has 0 saturated heterocycles. The number of unbranched alkanes of at least 4 members (excludes halogenated alkanes) is 1. The summed E-state index contributed by atoms with van der Waals surface area (Å²) in [6.45, 7) is 5.18. The third kappa shape index (κ3) is 6.79. The van der Waals surface area contributed by atoms with E-state index in [2.05, 4.69) is 12.2 Å². The van der Waals surface area contributed by atoms with Gasteiger partial charge in [-0.25, -0.2) is 0 Å². The summed E-state index contributed by atoms with van der Waals surface area (Å²) >= 11 is 5.94. The van der Waals surface area contributed by atoms with E-state index >= 15 is 0 Å². The predicted octanol–water partition coefficient (Wildman–Crippen LogP) is 5.36. The van der Waals surface area contributed by atoms with Crippen molar-refractivity contribution in [1.29, 1.82) is 0 Å². The third-order valence-corrected chi connectivity index (χ3v) is 4.36. The van der Waals surface area contributed by atoms with Crippen molar-refractivity contribution in [2.75, 3.05) is 0 Å². The van der Waals surface area contributed by atoms with Crippen molar-refractivity contribution in [3.63, 3.8) is 0 Å². The first-order chi connectivity index (χ1) is 12.1. The number of hydrogen-bond donors (Lipinski definition) is 1. The van der Waals surface area contributed by atoms with Gasteiger partial charge >= 0.3 is 0 Å². The Hall–Kier alpha value is -2.00. The van der Waals surface area contributed by atoms with Gasteiger partial charge in [0.05, 0.1) is 0 Å². The minimum absolute atomic E-state index is 0.0744. The lowest BCUT2D eigenvalue weighted by atomic mass is 10.0. The fourth-order valence-corrected chi connectivity index (χ4v) is 2.66. The summed E-state index contributed by atoms with van der Waals surface area (Å²) in [5, 5.41) is 3.67. The average Bonchev–Trinajstić information content (AvgIpc) is 2.63. The first-order valence-electron chi connectivity index (χ1n) is 8.82. The Bertz CT molecular complexity index is 670. The van der Waals surface area contributed by atoms with Gasteiger partial charge in [0.15, 0.2) is 0 Å². The van der Waals surface area contributed by atoms with Crippen LogP contribution in [0.5, 0.6) is 5.75 Å². The van der Waals surface area contributed by atoms with Gasteiger partial charge in [-0.3, -0.25) is 4.79 Å². The lowest BCUT2D eigenvalue weighted by molar-refractivity contribution is -0.124. The van der Waals surface area contributed by atoms with Crippen molar-refractivity contribution < 1.29 is 9.53 Å². The Balaban J connectivity index is 1.78. The molecule has 4 heteroatoms. The van der Waals surface area contributed by atoms with Crippen LogP contribution >= 0.6 is 11.6 Å². The lowest BCUT2D eigenvalue weighted by Crippen LogP contribution is -2.28. The summed E-state index contributed by atoms with van der Waals surface area (Å²) in [5.41, 5.74) is 2.16. The van der Waals surface area contributed by atoms with Crippen molar-refractivity contribution in [3.05, 3.63) is 64.7 Å². The summed E-state index contributed by atoms with van der Waals surface area (Å²) in [4.78, 5) is 12.0. The summed E-state index contributed by atoms with van der Waals surface area (Å²) in [6, 6.07) is 15.5. The number of benzene rings is 2. The molecule has 1 unspecified atom stereocenters. The van der Waals surface area contributed by atoms with E-state index < -0.39 is 0 Å². The molecule has 134 valence electrons. The van der Waals surface area contributed by atoms with Gasteiger partial charge in [0.2, 0.25) is 5.91 Å². The van der Waals surface area contributed by atoms with Crippen molar-refractivity contribution in [2.45, 2.75) is 46.3 Å². The molecule has 0 aliphatic heterocycles. The van der Waals surface area contributed by atoms with E-state index in [1.165, 1.54) is 0 Å². The second kappa shape index (κ2) is 10.1. The third-order valence-electron chi connectivity index (χ3n) is 4.13. The van der Waals surface area contributed by atoms with Gasteiger partial charge < -0.3 is 10.1 Å². The van der Waals surface area contributed by atoms with Crippen LogP contribution in [0.2, 0.25) is 5.02 Å². The SMILES string of the molecule is CCCCC(C)C(=O)NCc1ccc(COc2cccc(Cl)c2)cc1. The summed E-state index contributed by atoms with van der Waals surface area (Å²) in [5.74, 6) is 0.956. The normalized spacial score (nSPS) is 11.8. The first kappa shape index (κ1) is 19.3. The van der Waals surface area contributed by atoms with E-state index in [4.69, 9.17) is 16.3 Å². The summed E-state index contributed by atoms with van der Waals surface area (Å²) in [6.07, 6.45) is 3.16. The molecule has 0 bridgehead atoms. The number of rotatable bonds is 9. The van der Waals surface area contributed by atoms with Crippen LogP contribution in [0.3, 0.4) is 0 Å². The molecule has 0 aromatic heterocycles. The number of ether oxygens (including phenoxy) is 1. The van der Waals surface area contributed by atoms with Gasteiger partial charge in [-0.1, -0.05) is 68.6 Å². The zero-order valence-electron chi connectivity index (χ0n) is 14.9. The number of hydrogen-bond acceptors (Lipinski definition) is 2. The second-order valence-electron chi connectivity index (χ2n) is 6.32. The number of halogens is 1. The van der Waals surface area contributed by atoms with Crippen LogP contribution in [0.1, 0.15) is 44.2 Å². The molecule has 0 aliphatic carbocycles. The van der Waals surface area contributed by atoms with Crippen molar-refractivity contribution in [1.82, 2.24) is 5.32 Å². The van der Waals surface area contributed by atoms with Gasteiger partial charge in [0.25, 0.3) is 0 Å². The molecule has 25 heavy (non-hydrogen) atoms. The van der Waals surface area contributed by atoms with Crippen LogP contribution in [0.15, 0.2) is 48.5 Å². The molecule has 1 N–H and O–H groups in total. The molecule has 2 rings (SSSR count). The maximum atomic E-state index is 12.0. The molecule has 2 aromatic carbocycles. The Morgan fingerprint density at radius 3 is 2.56 bits per heavy atom. The number of carbonyl (C=O) groups excluding carboxylic acids is 1. The van der Waals surface area contributed by atoms with Crippen LogP contribution in [0, 0.1) is 5.92 Å². The molecule has 0 heterocycles. The maximum Gasteiger partial charge on any atom is 0.223 e. The minimum atomic E-state index is 0.0744. The maximum absolute atomic E-state index is 12.0. The van der Waals surface area contributed by atoms with Gasteiger partial charge in [-0.2, -0.15) is 0 Å². The van der Waals surface area contributed by atoms with Crippen LogP contribution < -0.4 is 10.1 Å². The smallest absolute Gasteiger partial charge is 0.223 e. The highest BCUT2D eigenvalue weighted by Gasteiger charge is 2.11. The Morgan fingerprint density at radius 2 is 1.88 bits per heavy atom. The number of carbonyl (C=O) groups is 1. The van der Waals surface area contributed by atoms with Crippen molar-refractivity contribution in [2.24, 2.45) is 5.92 Å². The highest BCUT2D eigenvalue weighted by molar-refractivity contribution is 6.30. The number of amides is 1. The number of nitrogens with one attached hydrogen (secondary N) is 1. The predicted molar refractivity (Wildman–Crippen MR) is 103 cm³/mol. The molecule has 0 fully saturated rings. The zero-order valence-corrected chi connectivity index (χ0v) is 15.7. The molecule has 3 nitrogen and oxygen atoms in total. The van der Waals surface area contributed by atoms with E-state index in [1.54, 1.807) is 6.07 Å². The van der Waals surface area contributed by atoms with Crippen LogP contribution in [-0.2, 0) is 17.9 Å². The molecule has 1 amide bonds. The fourth-order valence-electron chi connectivity index (χ4n) is 2.48. The Labute approximate surface area is 155 Å². The average molecular weight is 360 g/mol. The molecule has 0 spiro atoms. The highest BCUT2D eigenvalue weighted by Crippen LogP contribution is 2.18. The highest BCUT2D eigenvalue weighted by atomic mass is 35.5.